The van der Waals surface area contributed by atoms with Crippen molar-refractivity contribution < 1.29 is 43.2 Å². The number of carbonyl (C=O) groups is 3. The number of hydrogen-bond donors (Lipinski definition) is 1. The van der Waals surface area contributed by atoms with E-state index in [0.29, 0.717) is 37.1 Å². The van der Waals surface area contributed by atoms with E-state index >= 15 is 0 Å². The zero-order chi connectivity index (χ0) is 41.3. The van der Waals surface area contributed by atoms with E-state index in [0.717, 1.165) is 30.4 Å². The van der Waals surface area contributed by atoms with E-state index in [2.05, 4.69) is 11.8 Å². The summed E-state index contributed by atoms with van der Waals surface area (Å²) in [7, 11) is 2.02. The fraction of sp³-hybridized carbons (Fsp3) is 0.646. The van der Waals surface area contributed by atoms with Gasteiger partial charge < -0.3 is 33.7 Å². The molecule has 0 saturated carbocycles. The van der Waals surface area contributed by atoms with E-state index in [9.17, 15) is 19.5 Å². The van der Waals surface area contributed by atoms with Crippen molar-refractivity contribution in [2.24, 2.45) is 0 Å². The summed E-state index contributed by atoms with van der Waals surface area (Å²) >= 11 is 0. The van der Waals surface area contributed by atoms with Gasteiger partial charge in [-0.3, -0.25) is 4.79 Å². The predicted octanol–water partition coefficient (Wildman–Crippen LogP) is 10.4. The first-order valence-corrected chi connectivity index (χ1v) is 22.2. The lowest BCUT2D eigenvalue weighted by molar-refractivity contribution is -0.176. The topological polar surface area (TPSA) is 121 Å². The maximum Gasteiger partial charge on any atom is 0.514 e. The predicted molar refractivity (Wildman–Crippen MR) is 223 cm³/mol. The van der Waals surface area contributed by atoms with Crippen molar-refractivity contribution in [3.05, 3.63) is 71.0 Å². The van der Waals surface area contributed by atoms with Gasteiger partial charge in [-0.1, -0.05) is 133 Å². The van der Waals surface area contributed by atoms with Crippen LogP contribution in [-0.2, 0) is 35.6 Å². The summed E-state index contributed by atoms with van der Waals surface area (Å²) in [5.74, 6) is -0.432. The monoisotopic (exact) mass is 801 g/mol. The Kier molecular flexibility index (Phi) is 14.6. The molecule has 1 saturated heterocycles. The minimum absolute atomic E-state index is 0.178. The summed E-state index contributed by atoms with van der Waals surface area (Å²) in [4.78, 5) is 42.5. The molecule has 5 atom stereocenters. The largest absolute Gasteiger partial charge is 0.514 e. The van der Waals surface area contributed by atoms with Crippen LogP contribution in [0, 0.1) is 0 Å². The molecule has 58 heavy (non-hydrogen) atoms. The molecule has 2 bridgehead atoms. The SMILES string of the molecule is CCCCCCCCCCCCCCCCCC(=O)O[C@H](C(=O)OC1=CC[C@@]2(O)[C@@H]3Cc4ccc(OC(=O)OC(C)(C)C)c5c4[C@@]2(CCN3C)[C@H]1O5)c1ccccc1. The molecule has 4 aliphatic rings. The number of nitrogens with zero attached hydrogens (tertiary/aromatic N) is 1. The standard InChI is InChI=1S/C48H67NO9/c1-6-7-8-9-10-11-12-13-14-15-16-17-18-19-23-26-39(50)56-41(34-24-21-20-22-25-34)44(51)54-37-29-30-48(53)38-33-35-27-28-36(55-45(52)58-46(2,3)4)42-40(35)47(48,43(37)57-42)31-32-49(38)5/h20-22,24-25,27-29,38,41,43,53H,6-19,23,26,30-33H2,1-5H3/t38-,41-,43-,47-,48+/m0/s1. The number of piperidine rings is 1. The number of ether oxygens (including phenoxy) is 5. The lowest BCUT2D eigenvalue weighted by Crippen LogP contribution is -2.74. The number of esters is 2. The molecule has 2 aliphatic carbocycles. The molecule has 0 aromatic heterocycles. The molecule has 0 unspecified atom stereocenters. The molecule has 1 spiro atoms. The van der Waals surface area contributed by atoms with E-state index in [4.69, 9.17) is 23.7 Å². The van der Waals surface area contributed by atoms with Gasteiger partial charge in [0, 0.05) is 30.0 Å². The highest BCUT2D eigenvalue weighted by Gasteiger charge is 2.72. The van der Waals surface area contributed by atoms with Crippen LogP contribution in [0.2, 0.25) is 0 Å². The van der Waals surface area contributed by atoms with Crippen molar-refractivity contribution in [3.8, 4) is 11.5 Å². The normalized spacial score (nSPS) is 23.6. The quantitative estimate of drug-likeness (QED) is 0.0565. The van der Waals surface area contributed by atoms with E-state index in [1.165, 1.54) is 70.6 Å². The first-order valence-electron chi connectivity index (χ1n) is 22.2. The van der Waals surface area contributed by atoms with Crippen molar-refractivity contribution in [2.75, 3.05) is 13.6 Å². The third-order valence-corrected chi connectivity index (χ3v) is 12.7. The minimum atomic E-state index is -1.29. The van der Waals surface area contributed by atoms with Gasteiger partial charge in [-0.2, -0.15) is 0 Å². The lowest BCUT2D eigenvalue weighted by atomic mass is 9.50. The van der Waals surface area contributed by atoms with Crippen LogP contribution in [-0.4, -0.2) is 65.0 Å². The number of hydrogen-bond acceptors (Lipinski definition) is 10. The third kappa shape index (κ3) is 9.76. The van der Waals surface area contributed by atoms with Gasteiger partial charge in [0.05, 0.1) is 11.0 Å². The number of unbranched alkanes of at least 4 members (excludes halogenated alkanes) is 14. The Bertz CT molecular complexity index is 1750. The maximum atomic E-state index is 14.2. The van der Waals surface area contributed by atoms with Crippen molar-refractivity contribution in [1.29, 1.82) is 0 Å². The summed E-state index contributed by atoms with van der Waals surface area (Å²) in [6.07, 6.45) is 18.7. The highest BCUT2D eigenvalue weighted by atomic mass is 16.7. The van der Waals surface area contributed by atoms with Crippen molar-refractivity contribution >= 4 is 18.1 Å². The average molecular weight is 802 g/mol. The van der Waals surface area contributed by atoms with Gasteiger partial charge in [-0.05, 0) is 71.3 Å². The van der Waals surface area contributed by atoms with Gasteiger partial charge >= 0.3 is 18.1 Å². The molecule has 2 heterocycles. The van der Waals surface area contributed by atoms with E-state index in [-0.39, 0.29) is 30.4 Å². The molecule has 2 aromatic rings. The number of likely N-dealkylation sites (tertiary alicyclic amines) is 1. The molecule has 0 amide bonds. The van der Waals surface area contributed by atoms with Gasteiger partial charge in [-0.25, -0.2) is 9.59 Å². The average Bonchev–Trinajstić information content (AvgIpc) is 3.54. The second kappa shape index (κ2) is 19.4. The summed E-state index contributed by atoms with van der Waals surface area (Å²) in [5.41, 5.74) is -0.722. The van der Waals surface area contributed by atoms with E-state index in [1.807, 2.05) is 19.2 Å². The Morgan fingerprint density at radius 2 is 1.48 bits per heavy atom. The summed E-state index contributed by atoms with van der Waals surface area (Å²) in [5, 5.41) is 12.7. The first-order chi connectivity index (χ1) is 27.9. The van der Waals surface area contributed by atoms with E-state index in [1.54, 1.807) is 57.2 Å². The highest BCUT2D eigenvalue weighted by molar-refractivity contribution is 5.82. The Balaban J connectivity index is 1.07. The molecular weight excluding hydrogens is 735 g/mol. The molecule has 2 aromatic carbocycles. The molecule has 1 fully saturated rings. The van der Waals surface area contributed by atoms with Gasteiger partial charge in [0.15, 0.2) is 17.6 Å². The number of likely N-dealkylation sites (N-methyl/N-ethyl adjacent to an activating group) is 1. The summed E-state index contributed by atoms with van der Waals surface area (Å²) in [6, 6.07) is 12.3. The van der Waals surface area contributed by atoms with Crippen LogP contribution in [0.5, 0.6) is 11.5 Å². The fourth-order valence-corrected chi connectivity index (χ4v) is 9.75. The number of rotatable bonds is 21. The Morgan fingerprint density at radius 1 is 0.862 bits per heavy atom. The molecule has 2 aliphatic heterocycles. The molecule has 10 nitrogen and oxygen atoms in total. The molecule has 10 heteroatoms. The number of benzene rings is 2. The second-order valence-electron chi connectivity index (χ2n) is 18.0. The van der Waals surface area contributed by atoms with Crippen molar-refractivity contribution in [3.63, 3.8) is 0 Å². The molecule has 0 radical (unpaired) electrons. The lowest BCUT2D eigenvalue weighted by Gasteiger charge is -2.61. The maximum absolute atomic E-state index is 14.2. The smallest absolute Gasteiger partial charge is 0.477 e. The van der Waals surface area contributed by atoms with Crippen LogP contribution in [0.1, 0.15) is 166 Å². The van der Waals surface area contributed by atoms with Crippen molar-refractivity contribution in [1.82, 2.24) is 4.90 Å². The van der Waals surface area contributed by atoms with Crippen LogP contribution < -0.4 is 9.47 Å². The molecular formula is C48H67NO9. The zero-order valence-corrected chi connectivity index (χ0v) is 35.7. The Labute approximate surface area is 346 Å². The first kappa shape index (κ1) is 43.7. The van der Waals surface area contributed by atoms with Crippen LogP contribution in [0.4, 0.5) is 4.79 Å². The fourth-order valence-electron chi connectivity index (χ4n) is 9.75. The number of aliphatic hydroxyl groups is 1. The number of carbonyl (C=O) groups excluding carboxylic acids is 3. The highest BCUT2D eigenvalue weighted by Crippen LogP contribution is 2.65. The van der Waals surface area contributed by atoms with Gasteiger partial charge in [0.25, 0.3) is 0 Å². The third-order valence-electron chi connectivity index (χ3n) is 12.7. The van der Waals surface area contributed by atoms with Crippen LogP contribution in [0.15, 0.2) is 54.3 Å². The van der Waals surface area contributed by atoms with Crippen molar-refractivity contribution in [2.45, 2.75) is 185 Å². The zero-order valence-electron chi connectivity index (χ0n) is 35.7. The molecule has 318 valence electrons. The van der Waals surface area contributed by atoms with Crippen LogP contribution in [0.3, 0.4) is 0 Å². The summed E-state index contributed by atoms with van der Waals surface area (Å²) < 4.78 is 30.0. The summed E-state index contributed by atoms with van der Waals surface area (Å²) in [6.45, 7) is 8.21. The molecule has 1 N–H and O–H groups in total. The van der Waals surface area contributed by atoms with Crippen LogP contribution >= 0.6 is 0 Å². The van der Waals surface area contributed by atoms with Crippen LogP contribution in [0.25, 0.3) is 0 Å². The Morgan fingerprint density at radius 3 is 2.10 bits per heavy atom. The van der Waals surface area contributed by atoms with E-state index < -0.39 is 46.9 Å². The second-order valence-corrected chi connectivity index (χ2v) is 18.0. The van der Waals surface area contributed by atoms with Gasteiger partial charge in [0.2, 0.25) is 6.10 Å². The molecule has 6 rings (SSSR count). The van der Waals surface area contributed by atoms with Gasteiger partial charge in [0.1, 0.15) is 11.4 Å². The minimum Gasteiger partial charge on any atom is -0.477 e. The van der Waals surface area contributed by atoms with Gasteiger partial charge in [-0.15, -0.1) is 0 Å². The Hall–Kier alpha value is -3.89.